The summed E-state index contributed by atoms with van der Waals surface area (Å²) in [6.07, 6.45) is 1.42. The van der Waals surface area contributed by atoms with Crippen molar-refractivity contribution in [1.82, 2.24) is 29.5 Å². The van der Waals surface area contributed by atoms with Crippen molar-refractivity contribution in [3.05, 3.63) is 48.7 Å². The first-order chi connectivity index (χ1) is 14.6. The highest BCUT2D eigenvalue weighted by Crippen LogP contribution is 2.33. The molecule has 4 heterocycles. The lowest BCUT2D eigenvalue weighted by Crippen LogP contribution is -2.14. The van der Waals surface area contributed by atoms with Gasteiger partial charge in [-0.2, -0.15) is 23.4 Å². The third-order valence-electron chi connectivity index (χ3n) is 4.35. The molecule has 1 N–H and O–H groups in total. The van der Waals surface area contributed by atoms with Crippen molar-refractivity contribution in [3.8, 4) is 11.7 Å². The van der Waals surface area contributed by atoms with Crippen LogP contribution in [0.3, 0.4) is 0 Å². The lowest BCUT2D eigenvalue weighted by Gasteiger charge is -2.12. The Labute approximate surface area is 173 Å². The summed E-state index contributed by atoms with van der Waals surface area (Å²) < 4.78 is 74.6. The van der Waals surface area contributed by atoms with Gasteiger partial charge in [-0.25, -0.2) is 23.1 Å². The van der Waals surface area contributed by atoms with Crippen molar-refractivity contribution in [2.24, 2.45) is 7.05 Å². The highest BCUT2D eigenvalue weighted by atomic mass is 32.2. The van der Waals surface area contributed by atoms with E-state index in [1.165, 1.54) is 24.2 Å². The second kappa shape index (κ2) is 7.23. The number of halogens is 3. The molecule has 0 saturated carbocycles. The van der Waals surface area contributed by atoms with Gasteiger partial charge in [-0.1, -0.05) is 0 Å². The Hall–Kier alpha value is -3.68. The zero-order valence-corrected chi connectivity index (χ0v) is 16.8. The maximum absolute atomic E-state index is 12.9. The summed E-state index contributed by atoms with van der Waals surface area (Å²) in [6.45, 7) is 0. The van der Waals surface area contributed by atoms with Crippen LogP contribution in [0.15, 0.2) is 48.0 Å². The molecule has 0 aliphatic rings. The van der Waals surface area contributed by atoms with E-state index < -0.39 is 21.8 Å². The summed E-state index contributed by atoms with van der Waals surface area (Å²) >= 11 is 0. The van der Waals surface area contributed by atoms with E-state index >= 15 is 0 Å². The minimum absolute atomic E-state index is 0.0200. The highest BCUT2D eigenvalue weighted by Gasteiger charge is 2.31. The van der Waals surface area contributed by atoms with Crippen LogP contribution in [-0.2, 0) is 23.2 Å². The van der Waals surface area contributed by atoms with Crippen LogP contribution in [0.4, 0.5) is 18.9 Å². The molecule has 0 amide bonds. The molecule has 0 saturated heterocycles. The van der Waals surface area contributed by atoms with Gasteiger partial charge in [0.1, 0.15) is 10.6 Å². The number of fused-ring (bicyclic) bond motifs is 1. The number of hydrogen-bond donors (Lipinski definition) is 1. The molecule has 31 heavy (non-hydrogen) atoms. The van der Waals surface area contributed by atoms with Crippen molar-refractivity contribution < 1.29 is 26.3 Å². The summed E-state index contributed by atoms with van der Waals surface area (Å²) in [4.78, 5) is 7.58. The molecule has 0 aromatic carbocycles. The van der Waals surface area contributed by atoms with Crippen LogP contribution in [0.25, 0.3) is 16.7 Å². The zero-order valence-electron chi connectivity index (χ0n) is 16.0. The van der Waals surface area contributed by atoms with E-state index in [9.17, 15) is 21.6 Å². The van der Waals surface area contributed by atoms with Crippen molar-refractivity contribution in [3.63, 3.8) is 0 Å². The molecule has 14 heteroatoms. The summed E-state index contributed by atoms with van der Waals surface area (Å²) in [5.74, 6) is -0.170. The van der Waals surface area contributed by atoms with Crippen LogP contribution >= 0.6 is 0 Å². The molecule has 0 bridgehead atoms. The van der Waals surface area contributed by atoms with Gasteiger partial charge in [0.2, 0.25) is 5.88 Å². The maximum Gasteiger partial charge on any atom is 0.416 e. The Bertz CT molecular complexity index is 1380. The van der Waals surface area contributed by atoms with E-state index in [1.54, 1.807) is 7.05 Å². The first kappa shape index (κ1) is 20.6. The third-order valence-corrected chi connectivity index (χ3v) is 5.65. The van der Waals surface area contributed by atoms with Crippen molar-refractivity contribution in [1.29, 1.82) is 0 Å². The molecule has 0 radical (unpaired) electrons. The molecule has 0 aliphatic heterocycles. The Kier molecular flexibility index (Phi) is 4.80. The number of nitrogens with one attached hydrogen (secondary N) is 1. The number of ether oxygens (including phenoxy) is 1. The van der Waals surface area contributed by atoms with Crippen molar-refractivity contribution in [2.75, 3.05) is 11.8 Å². The first-order valence-electron chi connectivity index (χ1n) is 8.56. The highest BCUT2D eigenvalue weighted by molar-refractivity contribution is 7.92. The fourth-order valence-electron chi connectivity index (χ4n) is 2.88. The lowest BCUT2D eigenvalue weighted by atomic mass is 10.2. The van der Waals surface area contributed by atoms with Gasteiger partial charge in [0.25, 0.3) is 10.0 Å². The van der Waals surface area contributed by atoms with E-state index in [-0.39, 0.29) is 22.3 Å². The second-order valence-corrected chi connectivity index (χ2v) is 8.02. The van der Waals surface area contributed by atoms with E-state index in [0.717, 1.165) is 35.4 Å². The second-order valence-electron chi connectivity index (χ2n) is 6.34. The quantitative estimate of drug-likeness (QED) is 0.493. The minimum atomic E-state index is -4.58. The van der Waals surface area contributed by atoms with Gasteiger partial charge in [-0.15, -0.1) is 0 Å². The maximum atomic E-state index is 12.9. The molecule has 0 fully saturated rings. The van der Waals surface area contributed by atoms with Crippen molar-refractivity contribution >= 4 is 26.6 Å². The molecule has 0 spiro atoms. The average molecular weight is 453 g/mol. The largest absolute Gasteiger partial charge is 0.479 e. The Morgan fingerprint density at radius 1 is 1.13 bits per heavy atom. The molecule has 4 rings (SSSR count). The molecule has 162 valence electrons. The smallest absolute Gasteiger partial charge is 0.416 e. The zero-order chi connectivity index (χ0) is 22.4. The summed E-state index contributed by atoms with van der Waals surface area (Å²) in [6, 6.07) is 1.57. The number of rotatable bonds is 5. The van der Waals surface area contributed by atoms with Crippen LogP contribution in [0.5, 0.6) is 5.88 Å². The normalized spacial score (nSPS) is 12.3. The Balaban J connectivity index is 1.72. The van der Waals surface area contributed by atoms with E-state index in [1.807, 2.05) is 0 Å². The molecule has 4 aromatic rings. The number of hydrogen-bond acceptors (Lipinski definition) is 7. The van der Waals surface area contributed by atoms with Gasteiger partial charge in [-0.05, 0) is 12.1 Å². The molecule has 4 aromatic heterocycles. The number of sulfonamides is 1. The lowest BCUT2D eigenvalue weighted by molar-refractivity contribution is -0.137. The van der Waals surface area contributed by atoms with E-state index in [4.69, 9.17) is 4.74 Å². The summed E-state index contributed by atoms with van der Waals surface area (Å²) in [5, 5.41) is 8.48. The molecular formula is C17H14F3N7O3S. The van der Waals surface area contributed by atoms with Gasteiger partial charge in [0, 0.05) is 24.8 Å². The predicted molar refractivity (Wildman–Crippen MR) is 102 cm³/mol. The van der Waals surface area contributed by atoms with Gasteiger partial charge in [0.15, 0.2) is 5.82 Å². The molecule has 10 nitrogen and oxygen atoms in total. The van der Waals surface area contributed by atoms with Crippen LogP contribution < -0.4 is 9.46 Å². The van der Waals surface area contributed by atoms with Gasteiger partial charge < -0.3 is 4.74 Å². The van der Waals surface area contributed by atoms with Crippen LogP contribution in [0.1, 0.15) is 5.56 Å². The fraction of sp³-hybridized carbons (Fsp3) is 0.176. The third kappa shape index (κ3) is 3.76. The van der Waals surface area contributed by atoms with Crippen LogP contribution in [-0.4, -0.2) is 45.1 Å². The van der Waals surface area contributed by atoms with Crippen LogP contribution in [0.2, 0.25) is 0 Å². The summed E-state index contributed by atoms with van der Waals surface area (Å²) in [7, 11) is -1.25. The van der Waals surface area contributed by atoms with Crippen LogP contribution in [0, 0.1) is 0 Å². The summed E-state index contributed by atoms with van der Waals surface area (Å²) in [5.41, 5.74) is -0.443. The molecule has 0 unspecified atom stereocenters. The topological polar surface area (TPSA) is 117 Å². The number of pyridine rings is 2. The van der Waals surface area contributed by atoms with Crippen molar-refractivity contribution in [2.45, 2.75) is 11.1 Å². The number of nitrogens with zero attached hydrogens (tertiary/aromatic N) is 6. The van der Waals surface area contributed by atoms with Gasteiger partial charge in [-0.3, -0.25) is 9.40 Å². The number of aryl methyl sites for hydroxylation is 1. The Morgan fingerprint density at radius 3 is 2.61 bits per heavy atom. The fourth-order valence-corrected chi connectivity index (χ4v) is 3.87. The van der Waals surface area contributed by atoms with E-state index in [0.29, 0.717) is 10.9 Å². The number of methoxy groups -OCH3 is 1. The number of anilines is 1. The molecule has 0 atom stereocenters. The monoisotopic (exact) mass is 453 g/mol. The number of alkyl halides is 3. The first-order valence-corrected chi connectivity index (χ1v) is 10.0. The predicted octanol–water partition coefficient (Wildman–Crippen LogP) is 2.38. The minimum Gasteiger partial charge on any atom is -0.479 e. The average Bonchev–Trinajstić information content (AvgIpc) is 3.36. The number of aromatic nitrogens is 6. The molecule has 0 aliphatic carbocycles. The molecular weight excluding hydrogens is 439 g/mol. The van der Waals surface area contributed by atoms with Gasteiger partial charge >= 0.3 is 6.18 Å². The van der Waals surface area contributed by atoms with E-state index in [2.05, 4.69) is 24.9 Å². The SMILES string of the molecule is COc1ncc2cnn(C)c2c1NS(=O)(=O)c1cnn(-c2cc(C(F)(F)F)ccn2)c1. The standard InChI is InChI=1S/C17H14F3N7O3S/c1-26-15-10(7-23-26)6-22-16(30-2)14(15)25-31(28,29)12-8-24-27(9-12)13-5-11(3-4-21-13)17(18,19)20/h3-9,25H,1-2H3. The Morgan fingerprint density at radius 2 is 1.90 bits per heavy atom. The van der Waals surface area contributed by atoms with Gasteiger partial charge in [0.05, 0.1) is 36.8 Å².